The Kier molecular flexibility index (Phi) is 5.44. The number of nitrogens with zero attached hydrogens (tertiary/aromatic N) is 3. The van der Waals surface area contributed by atoms with Gasteiger partial charge in [0.25, 0.3) is 5.91 Å². The number of hydrogen-bond donors (Lipinski definition) is 1. The largest absolute Gasteiger partial charge is 0.497 e. The van der Waals surface area contributed by atoms with Crippen molar-refractivity contribution in [3.8, 4) is 11.5 Å². The second kappa shape index (κ2) is 7.94. The van der Waals surface area contributed by atoms with Gasteiger partial charge in [0.2, 0.25) is 0 Å². The van der Waals surface area contributed by atoms with E-state index >= 15 is 0 Å². The number of carbonyl (C=O) groups excluding carboxylic acids is 1. The lowest BCUT2D eigenvalue weighted by Crippen LogP contribution is -2.27. The van der Waals surface area contributed by atoms with Crippen molar-refractivity contribution in [3.05, 3.63) is 59.2 Å². The van der Waals surface area contributed by atoms with Crippen LogP contribution in [0.4, 0.5) is 0 Å². The van der Waals surface area contributed by atoms with E-state index < -0.39 is 0 Å². The molecule has 0 fully saturated rings. The number of aryl methyl sites for hydroxylation is 1. The zero-order valence-electron chi connectivity index (χ0n) is 15.7. The molecular formula is C19H22N4O4. The van der Waals surface area contributed by atoms with Crippen LogP contribution < -0.4 is 14.8 Å². The molecule has 1 N–H and O–H groups in total. The molecular weight excluding hydrogens is 348 g/mol. The Bertz CT molecular complexity index is 931. The zero-order chi connectivity index (χ0) is 19.4. The molecule has 1 atom stereocenters. The lowest BCUT2D eigenvalue weighted by molar-refractivity contribution is 0.0930. The molecule has 142 valence electrons. The molecule has 8 nitrogen and oxygen atoms in total. The molecule has 1 amide bonds. The third kappa shape index (κ3) is 4.28. The minimum Gasteiger partial charge on any atom is -0.497 e. The van der Waals surface area contributed by atoms with E-state index in [9.17, 15) is 4.79 Å². The summed E-state index contributed by atoms with van der Waals surface area (Å²) in [5.74, 6) is 1.47. The molecule has 27 heavy (non-hydrogen) atoms. The average Bonchev–Trinajstić information content (AvgIpc) is 3.27. The Balaban J connectivity index is 1.59. The van der Waals surface area contributed by atoms with Crippen molar-refractivity contribution in [1.82, 2.24) is 20.3 Å². The fourth-order valence-corrected chi connectivity index (χ4v) is 2.62. The summed E-state index contributed by atoms with van der Waals surface area (Å²) >= 11 is 0. The Morgan fingerprint density at radius 2 is 2.11 bits per heavy atom. The molecule has 0 aliphatic rings. The highest BCUT2D eigenvalue weighted by Crippen LogP contribution is 2.20. The van der Waals surface area contributed by atoms with Gasteiger partial charge in [-0.1, -0.05) is 11.2 Å². The SMILES string of the molecule is COc1cccc(OCc2cc(C(=O)NC(C)c3cnn(C)c3C)no2)c1. The highest BCUT2D eigenvalue weighted by atomic mass is 16.5. The number of nitrogens with one attached hydrogen (secondary N) is 1. The van der Waals surface area contributed by atoms with E-state index in [2.05, 4.69) is 15.6 Å². The van der Waals surface area contributed by atoms with Crippen molar-refractivity contribution >= 4 is 5.91 Å². The molecule has 1 unspecified atom stereocenters. The van der Waals surface area contributed by atoms with E-state index in [0.29, 0.717) is 17.3 Å². The summed E-state index contributed by atoms with van der Waals surface area (Å²) in [5, 5.41) is 10.9. The number of ether oxygens (including phenoxy) is 2. The Morgan fingerprint density at radius 1 is 1.33 bits per heavy atom. The van der Waals surface area contributed by atoms with Crippen LogP contribution in [-0.2, 0) is 13.7 Å². The van der Waals surface area contributed by atoms with Crippen molar-refractivity contribution < 1.29 is 18.8 Å². The lowest BCUT2D eigenvalue weighted by atomic mass is 10.1. The highest BCUT2D eigenvalue weighted by molar-refractivity contribution is 5.92. The summed E-state index contributed by atoms with van der Waals surface area (Å²) in [5.41, 5.74) is 2.15. The first kappa shape index (κ1) is 18.5. The van der Waals surface area contributed by atoms with Crippen molar-refractivity contribution in [2.45, 2.75) is 26.5 Å². The van der Waals surface area contributed by atoms with Gasteiger partial charge in [-0.05, 0) is 26.0 Å². The van der Waals surface area contributed by atoms with Crippen LogP contribution in [0.15, 0.2) is 41.1 Å². The van der Waals surface area contributed by atoms with E-state index in [0.717, 1.165) is 11.3 Å². The van der Waals surface area contributed by atoms with Gasteiger partial charge in [-0.3, -0.25) is 9.48 Å². The first-order valence-electron chi connectivity index (χ1n) is 8.49. The number of rotatable bonds is 7. The number of carbonyl (C=O) groups is 1. The maximum atomic E-state index is 12.4. The molecule has 8 heteroatoms. The number of amides is 1. The normalized spacial score (nSPS) is 11.9. The van der Waals surface area contributed by atoms with Gasteiger partial charge >= 0.3 is 0 Å². The summed E-state index contributed by atoms with van der Waals surface area (Å²) in [6.45, 7) is 4.01. The van der Waals surface area contributed by atoms with Gasteiger partial charge in [-0.25, -0.2) is 0 Å². The van der Waals surface area contributed by atoms with E-state index in [4.69, 9.17) is 14.0 Å². The molecule has 0 aliphatic heterocycles. The standard InChI is InChI=1S/C19H22N4O4/c1-12(17-10-20-23(3)13(17)2)21-19(24)18-9-16(27-22-18)11-26-15-7-5-6-14(8-15)25-4/h5-10,12H,11H2,1-4H3,(H,21,24). The van der Waals surface area contributed by atoms with Gasteiger partial charge in [-0.15, -0.1) is 0 Å². The summed E-state index contributed by atoms with van der Waals surface area (Å²) < 4.78 is 17.8. The van der Waals surface area contributed by atoms with Crippen LogP contribution in [-0.4, -0.2) is 28.0 Å². The molecule has 0 saturated heterocycles. The number of hydrogen-bond acceptors (Lipinski definition) is 6. The van der Waals surface area contributed by atoms with Crippen LogP contribution in [0, 0.1) is 6.92 Å². The van der Waals surface area contributed by atoms with Crippen LogP contribution in [0.3, 0.4) is 0 Å². The molecule has 0 bridgehead atoms. The van der Waals surface area contributed by atoms with Gasteiger partial charge in [0.05, 0.1) is 19.3 Å². The molecule has 3 rings (SSSR count). The van der Waals surface area contributed by atoms with Crippen molar-refractivity contribution in [3.63, 3.8) is 0 Å². The zero-order valence-corrected chi connectivity index (χ0v) is 15.7. The number of methoxy groups -OCH3 is 1. The predicted octanol–water partition coefficient (Wildman–Crippen LogP) is 2.80. The Morgan fingerprint density at radius 3 is 2.81 bits per heavy atom. The topological polar surface area (TPSA) is 91.4 Å². The van der Waals surface area contributed by atoms with Crippen LogP contribution >= 0.6 is 0 Å². The fourth-order valence-electron chi connectivity index (χ4n) is 2.62. The maximum absolute atomic E-state index is 12.4. The van der Waals surface area contributed by atoms with E-state index in [1.807, 2.05) is 39.1 Å². The number of aromatic nitrogens is 3. The molecule has 3 aromatic rings. The summed E-state index contributed by atoms with van der Waals surface area (Å²) in [7, 11) is 3.45. The Labute approximate surface area is 157 Å². The van der Waals surface area contributed by atoms with Crippen molar-refractivity contribution in [2.75, 3.05) is 7.11 Å². The van der Waals surface area contributed by atoms with Crippen LogP contribution in [0.2, 0.25) is 0 Å². The molecule has 0 saturated carbocycles. The second-order valence-electron chi connectivity index (χ2n) is 6.15. The average molecular weight is 370 g/mol. The quantitative estimate of drug-likeness (QED) is 0.688. The number of benzene rings is 1. The second-order valence-corrected chi connectivity index (χ2v) is 6.15. The van der Waals surface area contributed by atoms with Gasteiger partial charge < -0.3 is 19.3 Å². The van der Waals surface area contributed by atoms with Crippen molar-refractivity contribution in [1.29, 1.82) is 0 Å². The van der Waals surface area contributed by atoms with Gasteiger partial charge in [0.1, 0.15) is 18.1 Å². The predicted molar refractivity (Wildman–Crippen MR) is 97.7 cm³/mol. The third-order valence-corrected chi connectivity index (χ3v) is 4.30. The smallest absolute Gasteiger partial charge is 0.273 e. The van der Waals surface area contributed by atoms with Crippen LogP contribution in [0.5, 0.6) is 11.5 Å². The first-order valence-corrected chi connectivity index (χ1v) is 8.49. The van der Waals surface area contributed by atoms with Crippen LogP contribution in [0.1, 0.15) is 40.5 Å². The summed E-state index contributed by atoms with van der Waals surface area (Å²) in [6, 6.07) is 8.61. The fraction of sp³-hybridized carbons (Fsp3) is 0.316. The lowest BCUT2D eigenvalue weighted by Gasteiger charge is -2.12. The molecule has 0 spiro atoms. The Hall–Kier alpha value is -3.29. The third-order valence-electron chi connectivity index (χ3n) is 4.30. The van der Waals surface area contributed by atoms with Gasteiger partial charge in [-0.2, -0.15) is 5.10 Å². The maximum Gasteiger partial charge on any atom is 0.273 e. The van der Waals surface area contributed by atoms with Gasteiger partial charge in [0, 0.05) is 30.4 Å². The van der Waals surface area contributed by atoms with Gasteiger partial charge in [0.15, 0.2) is 11.5 Å². The van der Waals surface area contributed by atoms with Crippen LogP contribution in [0.25, 0.3) is 0 Å². The highest BCUT2D eigenvalue weighted by Gasteiger charge is 2.18. The van der Waals surface area contributed by atoms with E-state index in [-0.39, 0.29) is 24.2 Å². The molecule has 2 heterocycles. The summed E-state index contributed by atoms with van der Waals surface area (Å²) in [4.78, 5) is 12.4. The monoisotopic (exact) mass is 370 g/mol. The van der Waals surface area contributed by atoms with E-state index in [1.165, 1.54) is 0 Å². The molecule has 2 aromatic heterocycles. The van der Waals surface area contributed by atoms with Crippen molar-refractivity contribution in [2.24, 2.45) is 7.05 Å². The molecule has 0 aliphatic carbocycles. The van der Waals surface area contributed by atoms with E-state index in [1.54, 1.807) is 30.1 Å². The first-order chi connectivity index (χ1) is 13.0. The molecule has 0 radical (unpaired) electrons. The molecule has 1 aromatic carbocycles. The minimum atomic E-state index is -0.317. The minimum absolute atomic E-state index is 0.157. The summed E-state index contributed by atoms with van der Waals surface area (Å²) in [6.07, 6.45) is 1.75.